The van der Waals surface area contributed by atoms with Crippen LogP contribution in [0.1, 0.15) is 65.2 Å². The molecule has 1 fully saturated rings. The Hall–Kier alpha value is -1.58. The lowest BCUT2D eigenvalue weighted by Gasteiger charge is -2.22. The molecule has 0 aliphatic heterocycles. The fourth-order valence-electron chi connectivity index (χ4n) is 2.52. The smallest absolute Gasteiger partial charge is 0.333 e. The topological polar surface area (TPSA) is 52.6 Å². The monoisotopic (exact) mass is 308 g/mol. The lowest BCUT2D eigenvalue weighted by Crippen LogP contribution is -2.22. The third kappa shape index (κ3) is 6.92. The van der Waals surface area contributed by atoms with Crippen LogP contribution in [0.15, 0.2) is 24.3 Å². The molecule has 0 aromatic rings. The van der Waals surface area contributed by atoms with Crippen LogP contribution >= 0.6 is 0 Å². The molecule has 0 heterocycles. The molecule has 1 saturated carbocycles. The molecule has 0 bridgehead atoms. The molecule has 1 aliphatic rings. The van der Waals surface area contributed by atoms with E-state index in [1.54, 1.807) is 13.8 Å². The quantitative estimate of drug-likeness (QED) is 0.579. The number of rotatable bonds is 4. The average molecular weight is 308 g/mol. The Morgan fingerprint density at radius 3 is 1.23 bits per heavy atom. The third-order valence-electron chi connectivity index (χ3n) is 3.85. The fourth-order valence-corrected chi connectivity index (χ4v) is 2.52. The Kier molecular flexibility index (Phi) is 7.92. The molecule has 0 aromatic heterocycles. The van der Waals surface area contributed by atoms with E-state index < -0.39 is 0 Å². The van der Waals surface area contributed by atoms with Crippen LogP contribution in [0.25, 0.3) is 0 Å². The average Bonchev–Trinajstić information content (AvgIpc) is 2.46. The Morgan fingerprint density at radius 1 is 0.727 bits per heavy atom. The Balaban J connectivity index is 2.43. The van der Waals surface area contributed by atoms with Gasteiger partial charge in [-0.3, -0.25) is 0 Å². The first-order chi connectivity index (χ1) is 10.4. The summed E-state index contributed by atoms with van der Waals surface area (Å²) in [6.45, 7) is 10.6. The molecule has 0 saturated heterocycles. The highest BCUT2D eigenvalue weighted by Crippen LogP contribution is 2.22. The van der Waals surface area contributed by atoms with Gasteiger partial charge >= 0.3 is 11.9 Å². The van der Waals surface area contributed by atoms with E-state index in [0.29, 0.717) is 11.1 Å². The Labute approximate surface area is 133 Å². The second kappa shape index (κ2) is 9.44. The van der Waals surface area contributed by atoms with Gasteiger partial charge in [0.2, 0.25) is 0 Å². The summed E-state index contributed by atoms with van der Waals surface area (Å²) < 4.78 is 10.9. The SMILES string of the molecule is C=C(C)C(=O)OC1CCCCC(OC(=O)C(=C)C)CCCC1. The number of hydrogen-bond donors (Lipinski definition) is 0. The van der Waals surface area contributed by atoms with E-state index >= 15 is 0 Å². The van der Waals surface area contributed by atoms with E-state index in [1.807, 2.05) is 0 Å². The van der Waals surface area contributed by atoms with Gasteiger partial charge in [0.25, 0.3) is 0 Å². The first-order valence-corrected chi connectivity index (χ1v) is 8.13. The van der Waals surface area contributed by atoms with Crippen molar-refractivity contribution in [1.82, 2.24) is 0 Å². The Morgan fingerprint density at radius 2 is 1.00 bits per heavy atom. The summed E-state index contributed by atoms with van der Waals surface area (Å²) in [6, 6.07) is 0. The van der Waals surface area contributed by atoms with Crippen molar-refractivity contribution in [3.8, 4) is 0 Å². The zero-order valence-electron chi connectivity index (χ0n) is 13.9. The summed E-state index contributed by atoms with van der Waals surface area (Å²) in [5.41, 5.74) is 0.896. The molecule has 4 nitrogen and oxygen atoms in total. The van der Waals surface area contributed by atoms with Gasteiger partial charge in [0, 0.05) is 11.1 Å². The minimum Gasteiger partial charge on any atom is -0.459 e. The van der Waals surface area contributed by atoms with Crippen LogP contribution in [0, 0.1) is 0 Å². The summed E-state index contributed by atoms with van der Waals surface area (Å²) in [4.78, 5) is 23.2. The van der Waals surface area contributed by atoms with Crippen LogP contribution in [0.4, 0.5) is 0 Å². The molecule has 22 heavy (non-hydrogen) atoms. The summed E-state index contributed by atoms with van der Waals surface area (Å²) in [5.74, 6) is -0.592. The molecule has 0 N–H and O–H groups in total. The molecule has 1 aliphatic carbocycles. The number of ether oxygens (including phenoxy) is 2. The number of hydrogen-bond acceptors (Lipinski definition) is 4. The van der Waals surface area contributed by atoms with Gasteiger partial charge < -0.3 is 9.47 Å². The first kappa shape index (κ1) is 18.5. The minimum atomic E-state index is -0.296. The van der Waals surface area contributed by atoms with Crippen molar-refractivity contribution in [2.24, 2.45) is 0 Å². The summed E-state index contributed by atoms with van der Waals surface area (Å²) in [5, 5.41) is 0. The van der Waals surface area contributed by atoms with Gasteiger partial charge in [-0.15, -0.1) is 0 Å². The van der Waals surface area contributed by atoms with Gasteiger partial charge in [-0.25, -0.2) is 9.59 Å². The van der Waals surface area contributed by atoms with E-state index in [9.17, 15) is 9.59 Å². The van der Waals surface area contributed by atoms with Crippen LogP contribution in [0.2, 0.25) is 0 Å². The van der Waals surface area contributed by atoms with Crippen molar-refractivity contribution in [3.05, 3.63) is 24.3 Å². The zero-order chi connectivity index (χ0) is 16.5. The van der Waals surface area contributed by atoms with E-state index in [-0.39, 0.29) is 24.1 Å². The molecule has 124 valence electrons. The van der Waals surface area contributed by atoms with E-state index in [1.165, 1.54) is 0 Å². The predicted octanol–water partition coefficient (Wildman–Crippen LogP) is 4.10. The molecule has 0 unspecified atom stereocenters. The van der Waals surface area contributed by atoms with Gasteiger partial charge in [0.05, 0.1) is 0 Å². The molecule has 0 atom stereocenters. The van der Waals surface area contributed by atoms with Crippen LogP contribution in [-0.2, 0) is 19.1 Å². The van der Waals surface area contributed by atoms with Crippen molar-refractivity contribution >= 4 is 11.9 Å². The highest BCUT2D eigenvalue weighted by atomic mass is 16.5. The first-order valence-electron chi connectivity index (χ1n) is 8.13. The second-order valence-corrected chi connectivity index (χ2v) is 6.18. The molecule has 0 aromatic carbocycles. The maximum absolute atomic E-state index is 11.6. The van der Waals surface area contributed by atoms with Gasteiger partial charge in [-0.05, 0) is 65.2 Å². The Bertz CT molecular complexity index is 373. The molecule has 0 radical (unpaired) electrons. The van der Waals surface area contributed by atoms with Crippen molar-refractivity contribution in [1.29, 1.82) is 0 Å². The molecular weight excluding hydrogens is 280 g/mol. The maximum Gasteiger partial charge on any atom is 0.333 e. The molecule has 4 heteroatoms. The predicted molar refractivity (Wildman–Crippen MR) is 86.3 cm³/mol. The lowest BCUT2D eigenvalue weighted by atomic mass is 9.97. The zero-order valence-corrected chi connectivity index (χ0v) is 13.9. The van der Waals surface area contributed by atoms with Gasteiger partial charge in [0.1, 0.15) is 12.2 Å². The highest BCUT2D eigenvalue weighted by Gasteiger charge is 2.19. The highest BCUT2D eigenvalue weighted by molar-refractivity contribution is 5.87. The van der Waals surface area contributed by atoms with Crippen molar-refractivity contribution < 1.29 is 19.1 Å². The van der Waals surface area contributed by atoms with Crippen molar-refractivity contribution in [2.75, 3.05) is 0 Å². The third-order valence-corrected chi connectivity index (χ3v) is 3.85. The molecule has 1 rings (SSSR count). The van der Waals surface area contributed by atoms with Crippen LogP contribution < -0.4 is 0 Å². The fraction of sp³-hybridized carbons (Fsp3) is 0.667. The minimum absolute atomic E-state index is 0.0151. The number of carbonyl (C=O) groups excluding carboxylic acids is 2. The van der Waals surface area contributed by atoms with E-state index in [2.05, 4.69) is 13.2 Å². The standard InChI is InChI=1S/C18H28O4/c1-13(2)17(19)21-15-9-5-7-11-16(12-8-6-10-15)22-18(20)14(3)4/h15-16H,1,3,5-12H2,2,4H3. The summed E-state index contributed by atoms with van der Waals surface area (Å²) >= 11 is 0. The van der Waals surface area contributed by atoms with Crippen LogP contribution in [0.5, 0.6) is 0 Å². The molecular formula is C18H28O4. The van der Waals surface area contributed by atoms with E-state index in [0.717, 1.165) is 51.4 Å². The van der Waals surface area contributed by atoms with Crippen LogP contribution in [-0.4, -0.2) is 24.1 Å². The van der Waals surface area contributed by atoms with Gasteiger partial charge in [0.15, 0.2) is 0 Å². The number of carbonyl (C=O) groups is 2. The van der Waals surface area contributed by atoms with Crippen molar-refractivity contribution in [3.63, 3.8) is 0 Å². The molecule has 0 spiro atoms. The maximum atomic E-state index is 11.6. The molecule has 0 amide bonds. The normalized spacial score (nSPS) is 23.2. The summed E-state index contributed by atoms with van der Waals surface area (Å²) in [6.07, 6.45) is 7.29. The van der Waals surface area contributed by atoms with E-state index in [4.69, 9.17) is 9.47 Å². The van der Waals surface area contributed by atoms with Gasteiger partial charge in [-0.2, -0.15) is 0 Å². The lowest BCUT2D eigenvalue weighted by molar-refractivity contribution is -0.147. The second-order valence-electron chi connectivity index (χ2n) is 6.18. The van der Waals surface area contributed by atoms with Crippen LogP contribution in [0.3, 0.4) is 0 Å². The summed E-state index contributed by atoms with van der Waals surface area (Å²) in [7, 11) is 0. The van der Waals surface area contributed by atoms with Gasteiger partial charge in [-0.1, -0.05) is 13.2 Å². The largest absolute Gasteiger partial charge is 0.459 e. The van der Waals surface area contributed by atoms with Crippen molar-refractivity contribution in [2.45, 2.75) is 77.4 Å². The number of esters is 2.